The van der Waals surface area contributed by atoms with Crippen LogP contribution in [-0.2, 0) is 4.74 Å². The van der Waals surface area contributed by atoms with Gasteiger partial charge in [0.25, 0.3) is 0 Å². The van der Waals surface area contributed by atoms with Crippen molar-refractivity contribution in [2.75, 3.05) is 6.61 Å². The number of phenols is 1. The Morgan fingerprint density at radius 2 is 1.89 bits per heavy atom. The van der Waals surface area contributed by atoms with E-state index < -0.39 is 0 Å². The van der Waals surface area contributed by atoms with E-state index in [1.54, 1.807) is 42.9 Å². The molecule has 0 unspecified atom stereocenters. The van der Waals surface area contributed by atoms with Gasteiger partial charge in [-0.2, -0.15) is 5.10 Å². The molecule has 0 spiro atoms. The van der Waals surface area contributed by atoms with Crippen molar-refractivity contribution in [1.29, 1.82) is 0 Å². The first-order valence-corrected chi connectivity index (χ1v) is 8.67. The lowest BCUT2D eigenvalue weighted by atomic mass is 10.2. The molecule has 27 heavy (non-hydrogen) atoms. The van der Waals surface area contributed by atoms with Crippen LogP contribution in [0.4, 0.5) is 5.69 Å². The van der Waals surface area contributed by atoms with Crippen LogP contribution in [-0.4, -0.2) is 33.7 Å². The molecule has 0 aliphatic heterocycles. The lowest BCUT2D eigenvalue weighted by Crippen LogP contribution is -2.07. The zero-order valence-corrected chi connectivity index (χ0v) is 15.5. The molecule has 0 aliphatic rings. The zero-order valence-electron chi connectivity index (χ0n) is 15.5. The topological polar surface area (TPSA) is 76.7 Å². The Balaban J connectivity index is 1.85. The third-order valence-corrected chi connectivity index (χ3v) is 4.15. The number of carbonyl (C=O) groups is 1. The Kier molecular flexibility index (Phi) is 5.35. The quantitative estimate of drug-likeness (QED) is 0.546. The van der Waals surface area contributed by atoms with Gasteiger partial charge in [-0.3, -0.25) is 4.99 Å². The molecule has 1 heterocycles. The van der Waals surface area contributed by atoms with Crippen LogP contribution >= 0.6 is 0 Å². The van der Waals surface area contributed by atoms with Gasteiger partial charge in [0.15, 0.2) is 0 Å². The van der Waals surface area contributed by atoms with Crippen molar-refractivity contribution in [3.8, 4) is 11.4 Å². The summed E-state index contributed by atoms with van der Waals surface area (Å²) in [4.78, 5) is 16.5. The first-order chi connectivity index (χ1) is 13.0. The van der Waals surface area contributed by atoms with E-state index in [-0.39, 0.29) is 11.7 Å². The molecule has 3 rings (SSSR count). The van der Waals surface area contributed by atoms with E-state index in [1.807, 2.05) is 37.3 Å². The average Bonchev–Trinajstić information content (AvgIpc) is 2.96. The highest BCUT2D eigenvalue weighted by molar-refractivity contribution is 5.92. The van der Waals surface area contributed by atoms with E-state index in [0.29, 0.717) is 23.4 Å². The summed E-state index contributed by atoms with van der Waals surface area (Å²) in [5.74, 6) is -0.172. The molecule has 0 fully saturated rings. The van der Waals surface area contributed by atoms with Crippen molar-refractivity contribution >= 4 is 17.9 Å². The van der Waals surface area contributed by atoms with Crippen LogP contribution < -0.4 is 0 Å². The number of nitrogens with zero attached hydrogens (tertiary/aromatic N) is 3. The fraction of sp³-hybridized carbons (Fsp3) is 0.190. The zero-order chi connectivity index (χ0) is 19.4. The van der Waals surface area contributed by atoms with Gasteiger partial charge in [-0.1, -0.05) is 12.1 Å². The molecular weight excluding hydrogens is 342 g/mol. The Labute approximate surface area is 157 Å². The molecule has 138 valence electrons. The van der Waals surface area contributed by atoms with Crippen molar-refractivity contribution in [2.45, 2.75) is 20.8 Å². The van der Waals surface area contributed by atoms with E-state index in [2.05, 4.69) is 10.1 Å². The predicted molar refractivity (Wildman–Crippen MR) is 104 cm³/mol. The van der Waals surface area contributed by atoms with E-state index in [4.69, 9.17) is 4.74 Å². The number of aliphatic imine (C=N–C) groups is 1. The fourth-order valence-electron chi connectivity index (χ4n) is 2.81. The monoisotopic (exact) mass is 363 g/mol. The number of hydrogen-bond donors (Lipinski definition) is 1. The second-order valence-corrected chi connectivity index (χ2v) is 6.01. The molecular formula is C21H21N3O3. The second-order valence-electron chi connectivity index (χ2n) is 6.01. The molecule has 2 aromatic carbocycles. The molecule has 0 atom stereocenters. The van der Waals surface area contributed by atoms with Crippen LogP contribution in [0.2, 0.25) is 0 Å². The minimum atomic E-state index is -0.359. The number of aryl methyl sites for hydroxylation is 1. The summed E-state index contributed by atoms with van der Waals surface area (Å²) in [7, 11) is 0. The maximum atomic E-state index is 12.1. The number of aromatic nitrogens is 2. The van der Waals surface area contributed by atoms with Crippen molar-refractivity contribution in [3.63, 3.8) is 0 Å². The summed E-state index contributed by atoms with van der Waals surface area (Å²) in [5, 5.41) is 14.2. The Morgan fingerprint density at radius 3 is 2.56 bits per heavy atom. The molecule has 1 N–H and O–H groups in total. The van der Waals surface area contributed by atoms with Crippen LogP contribution in [0, 0.1) is 13.8 Å². The number of phenolic OH excluding ortho intramolecular Hbond substituents is 1. The van der Waals surface area contributed by atoms with Gasteiger partial charge in [-0.15, -0.1) is 0 Å². The highest BCUT2D eigenvalue weighted by atomic mass is 16.5. The number of aromatic hydroxyl groups is 1. The minimum Gasteiger partial charge on any atom is -0.507 e. The van der Waals surface area contributed by atoms with Crippen molar-refractivity contribution in [3.05, 3.63) is 71.0 Å². The molecule has 0 bridgehead atoms. The molecule has 0 saturated carbocycles. The minimum absolute atomic E-state index is 0.187. The molecule has 6 heteroatoms. The van der Waals surface area contributed by atoms with Crippen LogP contribution in [0.15, 0.2) is 53.5 Å². The van der Waals surface area contributed by atoms with Crippen LogP contribution in [0.5, 0.6) is 5.75 Å². The number of para-hydroxylation sites is 1. The van der Waals surface area contributed by atoms with Gasteiger partial charge in [0.1, 0.15) is 11.3 Å². The molecule has 0 saturated heterocycles. The average molecular weight is 363 g/mol. The number of carbonyl (C=O) groups excluding carboxylic acids is 1. The van der Waals surface area contributed by atoms with Gasteiger partial charge < -0.3 is 9.84 Å². The Morgan fingerprint density at radius 1 is 1.19 bits per heavy atom. The molecule has 1 aromatic heterocycles. The molecule has 0 aliphatic carbocycles. The standard InChI is InChI=1S/C21H21N3O3/c1-4-27-21(26)20-14(2)23-24(15(20)3)18-11-9-17(10-12-18)22-13-16-7-5-6-8-19(16)25/h5-13,25H,4H2,1-3H3. The van der Waals surface area contributed by atoms with Crippen molar-refractivity contribution in [1.82, 2.24) is 9.78 Å². The Hall–Kier alpha value is -3.41. The summed E-state index contributed by atoms with van der Waals surface area (Å²) < 4.78 is 6.83. The smallest absolute Gasteiger partial charge is 0.341 e. The fourth-order valence-corrected chi connectivity index (χ4v) is 2.81. The summed E-state index contributed by atoms with van der Waals surface area (Å²) >= 11 is 0. The number of ether oxygens (including phenoxy) is 1. The van der Waals surface area contributed by atoms with Gasteiger partial charge in [0, 0.05) is 11.8 Å². The van der Waals surface area contributed by atoms with Gasteiger partial charge >= 0.3 is 5.97 Å². The number of hydrogen-bond acceptors (Lipinski definition) is 5. The molecule has 0 radical (unpaired) electrons. The first-order valence-electron chi connectivity index (χ1n) is 8.67. The first kappa shape index (κ1) is 18.4. The third kappa shape index (κ3) is 3.89. The molecule has 3 aromatic rings. The second kappa shape index (κ2) is 7.86. The van der Waals surface area contributed by atoms with Gasteiger partial charge in [0.2, 0.25) is 0 Å². The summed E-state index contributed by atoms with van der Waals surface area (Å²) in [5.41, 5.74) is 4.09. The Bertz CT molecular complexity index is 988. The summed E-state index contributed by atoms with van der Waals surface area (Å²) in [6.45, 7) is 5.74. The van der Waals surface area contributed by atoms with E-state index in [9.17, 15) is 9.90 Å². The van der Waals surface area contributed by atoms with Gasteiger partial charge in [-0.25, -0.2) is 9.48 Å². The normalized spacial score (nSPS) is 11.1. The van der Waals surface area contributed by atoms with E-state index >= 15 is 0 Å². The van der Waals surface area contributed by atoms with Gasteiger partial charge in [-0.05, 0) is 57.2 Å². The van der Waals surface area contributed by atoms with Crippen molar-refractivity contribution in [2.24, 2.45) is 4.99 Å². The third-order valence-electron chi connectivity index (χ3n) is 4.15. The summed E-state index contributed by atoms with van der Waals surface area (Å²) in [6.07, 6.45) is 1.62. The highest BCUT2D eigenvalue weighted by Crippen LogP contribution is 2.22. The van der Waals surface area contributed by atoms with Crippen LogP contribution in [0.25, 0.3) is 5.69 Å². The summed E-state index contributed by atoms with van der Waals surface area (Å²) in [6, 6.07) is 14.5. The lowest BCUT2D eigenvalue weighted by molar-refractivity contribution is 0.0524. The highest BCUT2D eigenvalue weighted by Gasteiger charge is 2.20. The van der Waals surface area contributed by atoms with Gasteiger partial charge in [0.05, 0.1) is 29.4 Å². The number of esters is 1. The maximum absolute atomic E-state index is 12.1. The molecule has 0 amide bonds. The number of rotatable bonds is 5. The molecule has 6 nitrogen and oxygen atoms in total. The van der Waals surface area contributed by atoms with Crippen LogP contribution in [0.3, 0.4) is 0 Å². The predicted octanol–water partition coefficient (Wildman–Crippen LogP) is 4.12. The largest absolute Gasteiger partial charge is 0.507 e. The van der Waals surface area contributed by atoms with E-state index in [0.717, 1.165) is 17.1 Å². The van der Waals surface area contributed by atoms with Crippen molar-refractivity contribution < 1.29 is 14.6 Å². The number of benzene rings is 2. The van der Waals surface area contributed by atoms with Crippen LogP contribution in [0.1, 0.15) is 34.2 Å². The SMILES string of the molecule is CCOC(=O)c1c(C)nn(-c2ccc(N=Cc3ccccc3O)cc2)c1C. The maximum Gasteiger partial charge on any atom is 0.341 e. The van der Waals surface area contributed by atoms with E-state index in [1.165, 1.54) is 0 Å². The lowest BCUT2D eigenvalue weighted by Gasteiger charge is -2.06.